The van der Waals surface area contributed by atoms with Crippen molar-refractivity contribution in [3.63, 3.8) is 0 Å². The van der Waals surface area contributed by atoms with Gasteiger partial charge in [-0.3, -0.25) is 0 Å². The number of ether oxygens (including phenoxy) is 2. The summed E-state index contributed by atoms with van der Waals surface area (Å²) in [6.07, 6.45) is 1.52. The summed E-state index contributed by atoms with van der Waals surface area (Å²) in [6, 6.07) is 27.2. The van der Waals surface area contributed by atoms with Gasteiger partial charge in [-0.15, -0.1) is 0 Å². The number of aromatic nitrogens is 4. The van der Waals surface area contributed by atoms with Gasteiger partial charge in [0.05, 0.1) is 7.11 Å². The van der Waals surface area contributed by atoms with E-state index in [-0.39, 0.29) is 6.01 Å². The zero-order valence-electron chi connectivity index (χ0n) is 18.4. The van der Waals surface area contributed by atoms with Gasteiger partial charge in [0.15, 0.2) is 5.82 Å². The highest BCUT2D eigenvalue weighted by molar-refractivity contribution is 5.72. The summed E-state index contributed by atoms with van der Waals surface area (Å²) in [6.45, 7) is 0.346. The lowest BCUT2D eigenvalue weighted by Crippen LogP contribution is -2.06. The minimum Gasteiger partial charge on any atom is -0.496 e. The van der Waals surface area contributed by atoms with E-state index in [2.05, 4.69) is 25.4 Å². The Bertz CT molecular complexity index is 1360. The Morgan fingerprint density at radius 3 is 2.38 bits per heavy atom. The Hall–Kier alpha value is -4.72. The molecule has 0 unspecified atom stereocenters. The highest BCUT2D eigenvalue weighted by atomic mass is 16.5. The van der Waals surface area contributed by atoms with E-state index in [0.717, 1.165) is 22.4 Å². The molecule has 5 aromatic rings. The number of hydrogen-bond acceptors (Lipinski definition) is 8. The first kappa shape index (κ1) is 21.1. The number of methoxy groups -OCH3 is 1. The van der Waals surface area contributed by atoms with E-state index >= 15 is 0 Å². The Morgan fingerprint density at radius 1 is 0.853 bits per heavy atom. The molecule has 0 aliphatic heterocycles. The third-order valence-electron chi connectivity index (χ3n) is 5.03. The molecule has 0 aliphatic rings. The minimum atomic E-state index is 0.228. The second-order valence-electron chi connectivity index (χ2n) is 7.33. The van der Waals surface area contributed by atoms with Crippen LogP contribution in [-0.4, -0.2) is 27.2 Å². The summed E-state index contributed by atoms with van der Waals surface area (Å²) in [5.74, 6) is 1.50. The second-order valence-corrected chi connectivity index (χ2v) is 7.33. The maximum Gasteiger partial charge on any atom is 0.322 e. The Labute approximate surface area is 196 Å². The molecule has 5 rings (SSSR count). The molecule has 0 bridgehead atoms. The maximum absolute atomic E-state index is 5.90. The summed E-state index contributed by atoms with van der Waals surface area (Å²) in [7, 11) is 1.61. The van der Waals surface area contributed by atoms with E-state index in [0.29, 0.717) is 29.8 Å². The van der Waals surface area contributed by atoms with Crippen molar-refractivity contribution >= 4 is 11.6 Å². The molecule has 0 spiro atoms. The van der Waals surface area contributed by atoms with E-state index in [1.165, 1.54) is 6.26 Å². The summed E-state index contributed by atoms with van der Waals surface area (Å²) in [4.78, 5) is 13.6. The number of hydrogen-bond donors (Lipinski definition) is 1. The summed E-state index contributed by atoms with van der Waals surface area (Å²) >= 11 is 0. The number of rotatable bonds is 8. The van der Waals surface area contributed by atoms with Crippen LogP contribution in [0, 0.1) is 0 Å². The smallest absolute Gasteiger partial charge is 0.322 e. The molecule has 0 amide bonds. The fraction of sp³-hybridized carbons (Fsp3) is 0.0769. The first-order chi connectivity index (χ1) is 16.8. The molecular formula is C26H21N5O3. The molecule has 0 fully saturated rings. The third kappa shape index (κ3) is 4.86. The third-order valence-corrected chi connectivity index (χ3v) is 5.03. The number of anilines is 2. The summed E-state index contributed by atoms with van der Waals surface area (Å²) < 4.78 is 16.4. The van der Waals surface area contributed by atoms with Crippen LogP contribution in [0.1, 0.15) is 5.56 Å². The van der Waals surface area contributed by atoms with Crippen LogP contribution >= 0.6 is 0 Å². The SMILES string of the molecule is COc1cc(Nc2nc(OCc3ccccc3)nc(-c3ccccc3)n2)ccc1-c1ccon1. The van der Waals surface area contributed by atoms with Crippen molar-refractivity contribution < 1.29 is 14.0 Å². The highest BCUT2D eigenvalue weighted by Gasteiger charge is 2.13. The molecular weight excluding hydrogens is 430 g/mol. The quantitative estimate of drug-likeness (QED) is 0.329. The molecule has 8 heteroatoms. The first-order valence-corrected chi connectivity index (χ1v) is 10.6. The molecule has 0 aliphatic carbocycles. The zero-order chi connectivity index (χ0) is 23.2. The largest absolute Gasteiger partial charge is 0.496 e. The molecule has 34 heavy (non-hydrogen) atoms. The van der Waals surface area contributed by atoms with Gasteiger partial charge in [-0.25, -0.2) is 0 Å². The van der Waals surface area contributed by atoms with Gasteiger partial charge in [-0.05, 0) is 17.7 Å². The van der Waals surface area contributed by atoms with Crippen molar-refractivity contribution in [1.82, 2.24) is 20.1 Å². The molecule has 3 aromatic carbocycles. The molecule has 0 saturated carbocycles. The van der Waals surface area contributed by atoms with Crippen molar-refractivity contribution in [3.8, 4) is 34.4 Å². The van der Waals surface area contributed by atoms with Crippen molar-refractivity contribution in [2.45, 2.75) is 6.61 Å². The van der Waals surface area contributed by atoms with Crippen LogP contribution in [0.25, 0.3) is 22.6 Å². The van der Waals surface area contributed by atoms with Crippen molar-refractivity contribution in [2.75, 3.05) is 12.4 Å². The lowest BCUT2D eigenvalue weighted by molar-refractivity contribution is 0.280. The van der Waals surface area contributed by atoms with Gasteiger partial charge in [0.1, 0.15) is 24.3 Å². The van der Waals surface area contributed by atoms with Crippen LogP contribution in [0.15, 0.2) is 95.7 Å². The van der Waals surface area contributed by atoms with Gasteiger partial charge in [-0.2, -0.15) is 15.0 Å². The van der Waals surface area contributed by atoms with Gasteiger partial charge in [0.2, 0.25) is 5.95 Å². The lowest BCUT2D eigenvalue weighted by Gasteiger charge is -2.12. The highest BCUT2D eigenvalue weighted by Crippen LogP contribution is 2.32. The fourth-order valence-electron chi connectivity index (χ4n) is 3.38. The minimum absolute atomic E-state index is 0.228. The number of nitrogens with one attached hydrogen (secondary N) is 1. The van der Waals surface area contributed by atoms with Crippen LogP contribution in [0.2, 0.25) is 0 Å². The van der Waals surface area contributed by atoms with Gasteiger partial charge in [0, 0.05) is 28.9 Å². The molecule has 0 saturated heterocycles. The van der Waals surface area contributed by atoms with Crippen LogP contribution in [0.4, 0.5) is 11.6 Å². The Balaban J connectivity index is 1.45. The standard InChI is InChI=1S/C26H21N5O3/c1-32-23-16-20(12-13-21(23)22-14-15-34-31-22)27-25-28-24(19-10-6-3-7-11-19)29-26(30-25)33-17-18-8-4-2-5-9-18/h2-16H,17H2,1H3,(H,27,28,29,30). The number of benzene rings is 3. The van der Waals surface area contributed by atoms with Gasteiger partial charge >= 0.3 is 6.01 Å². The predicted octanol–water partition coefficient (Wildman–Crippen LogP) is 5.52. The van der Waals surface area contributed by atoms with Gasteiger partial charge < -0.3 is 19.3 Å². The van der Waals surface area contributed by atoms with Gasteiger partial charge in [0.25, 0.3) is 0 Å². The van der Waals surface area contributed by atoms with Crippen LogP contribution in [0.5, 0.6) is 11.8 Å². The molecule has 8 nitrogen and oxygen atoms in total. The van der Waals surface area contributed by atoms with E-state index in [1.54, 1.807) is 13.2 Å². The van der Waals surface area contributed by atoms with Crippen molar-refractivity contribution in [2.24, 2.45) is 0 Å². The normalized spacial score (nSPS) is 10.6. The second kappa shape index (κ2) is 9.83. The van der Waals surface area contributed by atoms with E-state index in [4.69, 9.17) is 14.0 Å². The first-order valence-electron chi connectivity index (χ1n) is 10.6. The van der Waals surface area contributed by atoms with Crippen LogP contribution in [-0.2, 0) is 6.61 Å². The maximum atomic E-state index is 5.90. The molecule has 0 radical (unpaired) electrons. The average Bonchev–Trinajstić information content (AvgIpc) is 3.43. The number of nitrogens with zero attached hydrogens (tertiary/aromatic N) is 4. The van der Waals surface area contributed by atoms with E-state index in [9.17, 15) is 0 Å². The Morgan fingerprint density at radius 2 is 1.65 bits per heavy atom. The molecule has 2 heterocycles. The fourth-order valence-corrected chi connectivity index (χ4v) is 3.38. The van der Waals surface area contributed by atoms with Crippen LogP contribution in [0.3, 0.4) is 0 Å². The van der Waals surface area contributed by atoms with Gasteiger partial charge in [-0.1, -0.05) is 65.8 Å². The van der Waals surface area contributed by atoms with Crippen molar-refractivity contribution in [1.29, 1.82) is 0 Å². The molecule has 168 valence electrons. The molecule has 0 atom stereocenters. The molecule has 2 aromatic heterocycles. The Kier molecular flexibility index (Phi) is 6.11. The van der Waals surface area contributed by atoms with Crippen molar-refractivity contribution in [3.05, 3.63) is 96.8 Å². The van der Waals surface area contributed by atoms with E-state index in [1.807, 2.05) is 78.9 Å². The molecule has 1 N–H and O–H groups in total. The average molecular weight is 451 g/mol. The summed E-state index contributed by atoms with van der Waals surface area (Å²) in [5, 5.41) is 7.22. The predicted molar refractivity (Wildman–Crippen MR) is 128 cm³/mol. The van der Waals surface area contributed by atoms with E-state index < -0.39 is 0 Å². The monoisotopic (exact) mass is 451 g/mol. The zero-order valence-corrected chi connectivity index (χ0v) is 18.4. The lowest BCUT2D eigenvalue weighted by atomic mass is 10.1. The van der Waals surface area contributed by atoms with Crippen LogP contribution < -0.4 is 14.8 Å². The topological polar surface area (TPSA) is 95.2 Å². The summed E-state index contributed by atoms with van der Waals surface area (Å²) in [5.41, 5.74) is 4.12.